The van der Waals surface area contributed by atoms with Gasteiger partial charge in [0.25, 0.3) is 5.91 Å². The van der Waals surface area contributed by atoms with E-state index in [0.717, 1.165) is 23.4 Å². The maximum absolute atomic E-state index is 14.1. The van der Waals surface area contributed by atoms with E-state index in [-0.39, 0.29) is 29.7 Å². The molecule has 1 aliphatic heterocycles. The standard InChI is InChI=1S/C21H20F5N7O/c1-12-3-2-6-32(18(12)11-29-20-27-9-13(10-28-20)21(24,25)26)19(34)14-7-15(22)16(23)8-17(14)33-30-4-5-31-33/h4-5,7-10,12,18H,2-3,6,11H2,1H3,(H,27,28,29)/t12-,18?/m1/s1. The number of rotatable bonds is 5. The highest BCUT2D eigenvalue weighted by Gasteiger charge is 2.35. The molecule has 0 aliphatic carbocycles. The Morgan fingerprint density at radius 1 is 1.12 bits per heavy atom. The topological polar surface area (TPSA) is 88.8 Å². The van der Waals surface area contributed by atoms with E-state index < -0.39 is 35.3 Å². The Kier molecular flexibility index (Phi) is 6.44. The molecule has 3 heterocycles. The molecule has 8 nitrogen and oxygen atoms in total. The second-order valence-electron chi connectivity index (χ2n) is 7.96. The number of aromatic nitrogens is 5. The van der Waals surface area contributed by atoms with Crippen LogP contribution in [0.3, 0.4) is 0 Å². The van der Waals surface area contributed by atoms with Crippen LogP contribution in [0.1, 0.15) is 35.7 Å². The normalized spacial score (nSPS) is 18.7. The van der Waals surface area contributed by atoms with Gasteiger partial charge in [-0.05, 0) is 24.8 Å². The predicted octanol–water partition coefficient (Wildman–Crippen LogP) is 3.71. The monoisotopic (exact) mass is 481 g/mol. The van der Waals surface area contributed by atoms with Gasteiger partial charge in [-0.3, -0.25) is 4.79 Å². The lowest BCUT2D eigenvalue weighted by atomic mass is 9.90. The van der Waals surface area contributed by atoms with Crippen LogP contribution in [0.4, 0.5) is 27.9 Å². The smallest absolute Gasteiger partial charge is 0.352 e. The fourth-order valence-electron chi connectivity index (χ4n) is 3.94. The van der Waals surface area contributed by atoms with Crippen LogP contribution >= 0.6 is 0 Å². The Morgan fingerprint density at radius 3 is 2.41 bits per heavy atom. The summed E-state index contributed by atoms with van der Waals surface area (Å²) in [5, 5.41) is 10.7. The number of amides is 1. The molecular weight excluding hydrogens is 461 g/mol. The lowest BCUT2D eigenvalue weighted by Crippen LogP contribution is -2.51. The highest BCUT2D eigenvalue weighted by Crippen LogP contribution is 2.29. The van der Waals surface area contributed by atoms with E-state index in [1.807, 2.05) is 6.92 Å². The minimum atomic E-state index is -4.55. The van der Waals surface area contributed by atoms with Gasteiger partial charge in [0.1, 0.15) is 5.69 Å². The first-order chi connectivity index (χ1) is 16.1. The van der Waals surface area contributed by atoms with Crippen LogP contribution in [0.2, 0.25) is 0 Å². The average molecular weight is 481 g/mol. The number of carbonyl (C=O) groups is 1. The summed E-state index contributed by atoms with van der Waals surface area (Å²) in [4.78, 5) is 23.4. The number of nitrogens with one attached hydrogen (secondary N) is 1. The molecule has 0 radical (unpaired) electrons. The first-order valence-electron chi connectivity index (χ1n) is 10.4. The summed E-state index contributed by atoms with van der Waals surface area (Å²) in [6.07, 6.45) is 0.977. The van der Waals surface area contributed by atoms with E-state index >= 15 is 0 Å². The molecule has 1 aromatic carbocycles. The van der Waals surface area contributed by atoms with Crippen LogP contribution in [0.15, 0.2) is 36.9 Å². The van der Waals surface area contributed by atoms with E-state index in [4.69, 9.17) is 0 Å². The Labute approximate surface area is 190 Å². The van der Waals surface area contributed by atoms with Crippen molar-refractivity contribution in [3.8, 4) is 5.69 Å². The van der Waals surface area contributed by atoms with Crippen molar-refractivity contribution in [3.63, 3.8) is 0 Å². The summed E-state index contributed by atoms with van der Waals surface area (Å²) in [6, 6.07) is 1.27. The number of benzene rings is 1. The molecule has 1 fully saturated rings. The maximum Gasteiger partial charge on any atom is 0.419 e. The van der Waals surface area contributed by atoms with Gasteiger partial charge in [0.05, 0.1) is 29.6 Å². The van der Waals surface area contributed by atoms with Gasteiger partial charge < -0.3 is 10.2 Å². The second kappa shape index (κ2) is 9.31. The third kappa shape index (κ3) is 4.82. The second-order valence-corrected chi connectivity index (χ2v) is 7.96. The van der Waals surface area contributed by atoms with Crippen molar-refractivity contribution < 1.29 is 26.7 Å². The molecule has 1 unspecified atom stereocenters. The molecule has 34 heavy (non-hydrogen) atoms. The fourth-order valence-corrected chi connectivity index (χ4v) is 3.94. The summed E-state index contributed by atoms with van der Waals surface area (Å²) in [5.41, 5.74) is -1.09. The third-order valence-electron chi connectivity index (χ3n) is 5.73. The van der Waals surface area contributed by atoms with E-state index in [0.29, 0.717) is 25.4 Å². The van der Waals surface area contributed by atoms with Crippen molar-refractivity contribution in [1.82, 2.24) is 29.9 Å². The number of piperidine rings is 1. The average Bonchev–Trinajstić information content (AvgIpc) is 3.34. The third-order valence-corrected chi connectivity index (χ3v) is 5.73. The van der Waals surface area contributed by atoms with Gasteiger partial charge in [-0.25, -0.2) is 18.7 Å². The molecule has 2 atom stereocenters. The van der Waals surface area contributed by atoms with Gasteiger partial charge in [0.2, 0.25) is 5.95 Å². The van der Waals surface area contributed by atoms with E-state index in [1.165, 1.54) is 17.3 Å². The number of hydrogen-bond acceptors (Lipinski definition) is 6. The van der Waals surface area contributed by atoms with Crippen molar-refractivity contribution >= 4 is 11.9 Å². The quantitative estimate of drug-likeness (QED) is 0.559. The molecule has 180 valence electrons. The molecule has 13 heteroatoms. The molecule has 1 N–H and O–H groups in total. The maximum atomic E-state index is 14.1. The highest BCUT2D eigenvalue weighted by atomic mass is 19.4. The van der Waals surface area contributed by atoms with Crippen molar-refractivity contribution in [2.75, 3.05) is 18.4 Å². The Hall–Kier alpha value is -3.64. The molecule has 2 aromatic heterocycles. The number of nitrogens with zero attached hydrogens (tertiary/aromatic N) is 6. The zero-order valence-electron chi connectivity index (χ0n) is 17.9. The fraction of sp³-hybridized carbons (Fsp3) is 0.381. The number of halogens is 5. The van der Waals surface area contributed by atoms with Crippen molar-refractivity contribution in [1.29, 1.82) is 0 Å². The summed E-state index contributed by atoms with van der Waals surface area (Å²) < 4.78 is 66.2. The van der Waals surface area contributed by atoms with Crippen molar-refractivity contribution in [2.24, 2.45) is 5.92 Å². The first kappa shape index (κ1) is 23.5. The molecular formula is C21H20F5N7O. The van der Waals surface area contributed by atoms with Crippen molar-refractivity contribution in [3.05, 3.63) is 59.7 Å². The zero-order chi connectivity index (χ0) is 24.5. The van der Waals surface area contributed by atoms with Gasteiger partial charge in [-0.15, -0.1) is 0 Å². The minimum absolute atomic E-state index is 0.00934. The lowest BCUT2D eigenvalue weighted by molar-refractivity contribution is -0.138. The van der Waals surface area contributed by atoms with E-state index in [1.54, 1.807) is 0 Å². The zero-order valence-corrected chi connectivity index (χ0v) is 17.9. The molecule has 0 spiro atoms. The Morgan fingerprint density at radius 2 is 1.76 bits per heavy atom. The van der Waals surface area contributed by atoms with Gasteiger partial charge in [0, 0.05) is 31.5 Å². The molecule has 0 saturated carbocycles. The summed E-state index contributed by atoms with van der Waals surface area (Å²) >= 11 is 0. The molecule has 3 aromatic rings. The van der Waals surface area contributed by atoms with Crippen LogP contribution in [0.5, 0.6) is 0 Å². The molecule has 0 bridgehead atoms. The summed E-state index contributed by atoms with van der Waals surface area (Å²) in [7, 11) is 0. The van der Waals surface area contributed by atoms with Gasteiger partial charge >= 0.3 is 6.18 Å². The Bertz CT molecular complexity index is 1150. The number of hydrogen-bond donors (Lipinski definition) is 1. The summed E-state index contributed by atoms with van der Waals surface area (Å²) in [6.45, 7) is 2.44. The highest BCUT2D eigenvalue weighted by molar-refractivity contribution is 5.98. The van der Waals surface area contributed by atoms with Crippen LogP contribution in [0.25, 0.3) is 5.69 Å². The van der Waals surface area contributed by atoms with Crippen LogP contribution < -0.4 is 5.32 Å². The van der Waals surface area contributed by atoms with Crippen molar-refractivity contribution in [2.45, 2.75) is 32.0 Å². The SMILES string of the molecule is C[C@@H]1CCCN(C(=O)c2cc(F)c(F)cc2-n2nccn2)C1CNc1ncc(C(F)(F)F)cn1. The van der Waals surface area contributed by atoms with E-state index in [2.05, 4.69) is 25.5 Å². The van der Waals surface area contributed by atoms with Gasteiger partial charge in [-0.1, -0.05) is 6.92 Å². The molecule has 1 aliphatic rings. The number of anilines is 1. The van der Waals surface area contributed by atoms with Gasteiger partial charge in [0.15, 0.2) is 11.6 Å². The lowest BCUT2D eigenvalue weighted by Gasteiger charge is -2.40. The van der Waals surface area contributed by atoms with E-state index in [9.17, 15) is 26.7 Å². The predicted molar refractivity (Wildman–Crippen MR) is 110 cm³/mol. The number of alkyl halides is 3. The van der Waals surface area contributed by atoms with Crippen LogP contribution in [-0.2, 0) is 6.18 Å². The van der Waals surface area contributed by atoms with Gasteiger partial charge in [-0.2, -0.15) is 28.2 Å². The largest absolute Gasteiger partial charge is 0.419 e. The molecule has 1 saturated heterocycles. The number of carbonyl (C=O) groups excluding carboxylic acids is 1. The minimum Gasteiger partial charge on any atom is -0.352 e. The first-order valence-corrected chi connectivity index (χ1v) is 10.4. The Balaban J connectivity index is 1.58. The summed E-state index contributed by atoms with van der Waals surface area (Å²) in [5.74, 6) is -2.88. The number of likely N-dealkylation sites (tertiary alicyclic amines) is 1. The van der Waals surface area contributed by atoms with Crippen LogP contribution in [0, 0.1) is 17.6 Å². The van der Waals surface area contributed by atoms with Crippen LogP contribution in [-0.4, -0.2) is 54.9 Å². The molecule has 4 rings (SSSR count). The molecule has 1 amide bonds.